The summed E-state index contributed by atoms with van der Waals surface area (Å²) in [6, 6.07) is 10.6. The number of rotatable bonds is 8. The molecule has 2 atom stereocenters. The Morgan fingerprint density at radius 2 is 1.77 bits per heavy atom. The molecule has 2 aromatic rings. The van der Waals surface area contributed by atoms with Crippen LogP contribution in [0.4, 0.5) is 4.39 Å². The molecule has 1 saturated carbocycles. The fourth-order valence-electron chi connectivity index (χ4n) is 4.21. The van der Waals surface area contributed by atoms with Crippen molar-refractivity contribution in [2.45, 2.75) is 31.5 Å². The minimum absolute atomic E-state index is 0.146. The number of amides is 3. The van der Waals surface area contributed by atoms with Crippen LogP contribution in [0, 0.1) is 11.7 Å². The summed E-state index contributed by atoms with van der Waals surface area (Å²) in [7, 11) is 1.48. The van der Waals surface area contributed by atoms with Crippen LogP contribution in [0.25, 0.3) is 0 Å². The van der Waals surface area contributed by atoms with Crippen LogP contribution in [0.2, 0.25) is 0 Å². The third-order valence-electron chi connectivity index (χ3n) is 6.16. The summed E-state index contributed by atoms with van der Waals surface area (Å²) < 4.78 is 18.6. The third-order valence-corrected chi connectivity index (χ3v) is 6.16. The molecule has 0 radical (unpaired) electrons. The number of methoxy groups -OCH3 is 1. The molecule has 1 aliphatic heterocycles. The Bertz CT molecular complexity index is 1130. The van der Waals surface area contributed by atoms with Gasteiger partial charge in [-0.2, -0.15) is 0 Å². The molecule has 1 aliphatic carbocycles. The molecule has 9 nitrogen and oxygen atoms in total. The molecule has 1 saturated heterocycles. The van der Waals surface area contributed by atoms with Crippen LogP contribution in [0.3, 0.4) is 0 Å². The molecule has 0 bridgehead atoms. The summed E-state index contributed by atoms with van der Waals surface area (Å²) in [6.45, 7) is 0.329. The average Bonchev–Trinajstić information content (AvgIpc) is 3.60. The van der Waals surface area contributed by atoms with Gasteiger partial charge < -0.3 is 25.0 Å². The number of nitrogens with one attached hydrogen (secondary N) is 1. The molecule has 0 spiro atoms. The van der Waals surface area contributed by atoms with Crippen molar-refractivity contribution in [1.29, 1.82) is 0 Å². The first-order valence-corrected chi connectivity index (χ1v) is 11.3. The lowest BCUT2D eigenvalue weighted by Crippen LogP contribution is -2.54. The average molecular weight is 483 g/mol. The monoisotopic (exact) mass is 483 g/mol. The first-order chi connectivity index (χ1) is 16.8. The van der Waals surface area contributed by atoms with Gasteiger partial charge in [-0.3, -0.25) is 19.2 Å². The van der Waals surface area contributed by atoms with Gasteiger partial charge in [0.05, 0.1) is 19.6 Å². The van der Waals surface area contributed by atoms with E-state index < -0.39 is 42.2 Å². The number of hydrogen-bond donors (Lipinski definition) is 2. The number of benzene rings is 2. The maximum atomic E-state index is 13.5. The second kappa shape index (κ2) is 10.1. The third kappa shape index (κ3) is 5.42. The van der Waals surface area contributed by atoms with Crippen LogP contribution in [-0.4, -0.2) is 65.0 Å². The predicted octanol–water partition coefficient (Wildman–Crippen LogP) is 2.19. The van der Waals surface area contributed by atoms with Gasteiger partial charge in [0.1, 0.15) is 11.6 Å². The standard InChI is InChI=1S/C25H26FN3O6/c1-35-19-4-2-3-17(13-19)25(34)29-12-11-28(24(33)16-5-6-16)23(29)22(32)27-20(14-21(30)31)15-7-9-18(26)10-8-15/h2-4,7-10,13,16,20,23H,5-6,11-12,14H2,1H3,(H,27,32)(H,30,31). The first-order valence-electron chi connectivity index (χ1n) is 11.3. The fraction of sp³-hybridized carbons (Fsp3) is 0.360. The van der Waals surface area contributed by atoms with Gasteiger partial charge >= 0.3 is 5.97 Å². The number of aliphatic carboxylic acids is 1. The highest BCUT2D eigenvalue weighted by atomic mass is 19.1. The second-order valence-corrected chi connectivity index (χ2v) is 8.62. The van der Waals surface area contributed by atoms with E-state index in [4.69, 9.17) is 4.74 Å². The van der Waals surface area contributed by atoms with E-state index in [0.717, 1.165) is 12.8 Å². The van der Waals surface area contributed by atoms with Gasteiger partial charge in [0.2, 0.25) is 5.91 Å². The van der Waals surface area contributed by atoms with Gasteiger partial charge in [0, 0.05) is 24.6 Å². The van der Waals surface area contributed by atoms with Gasteiger partial charge in [0.25, 0.3) is 11.8 Å². The number of ether oxygens (including phenoxy) is 1. The lowest BCUT2D eigenvalue weighted by atomic mass is 10.0. The highest BCUT2D eigenvalue weighted by molar-refractivity contribution is 6.00. The molecule has 184 valence electrons. The molecule has 2 aromatic carbocycles. The van der Waals surface area contributed by atoms with Gasteiger partial charge in [-0.25, -0.2) is 4.39 Å². The van der Waals surface area contributed by atoms with Crippen molar-refractivity contribution in [3.63, 3.8) is 0 Å². The highest BCUT2D eigenvalue weighted by Crippen LogP contribution is 2.34. The summed E-state index contributed by atoms with van der Waals surface area (Å²) in [6.07, 6.45) is -0.238. The van der Waals surface area contributed by atoms with Crippen LogP contribution >= 0.6 is 0 Å². The van der Waals surface area contributed by atoms with Crippen molar-refractivity contribution in [3.8, 4) is 5.75 Å². The zero-order valence-electron chi connectivity index (χ0n) is 19.1. The summed E-state index contributed by atoms with van der Waals surface area (Å²) in [5.41, 5.74) is 0.689. The lowest BCUT2D eigenvalue weighted by Gasteiger charge is -2.31. The van der Waals surface area contributed by atoms with E-state index in [1.165, 1.54) is 41.2 Å². The number of carbonyl (C=O) groups is 4. The summed E-state index contributed by atoms with van der Waals surface area (Å²) in [5, 5.41) is 12.0. The Kier molecular flexibility index (Phi) is 6.99. The van der Waals surface area contributed by atoms with Crippen molar-refractivity contribution in [2.75, 3.05) is 20.2 Å². The SMILES string of the molecule is COc1cccc(C(=O)N2CCN(C(=O)C3CC3)C2C(=O)NC(CC(=O)O)c2ccc(F)cc2)c1. The number of carboxylic acid groups (broad SMARTS) is 1. The normalized spacial score (nSPS) is 18.2. The zero-order chi connectivity index (χ0) is 25.1. The second-order valence-electron chi connectivity index (χ2n) is 8.62. The zero-order valence-corrected chi connectivity index (χ0v) is 19.1. The number of nitrogens with zero attached hydrogens (tertiary/aromatic N) is 2. The molecule has 2 unspecified atom stereocenters. The number of carbonyl (C=O) groups excluding carboxylic acids is 3. The topological polar surface area (TPSA) is 116 Å². The highest BCUT2D eigenvalue weighted by Gasteiger charge is 2.47. The Morgan fingerprint density at radius 3 is 2.40 bits per heavy atom. The molecule has 35 heavy (non-hydrogen) atoms. The molecule has 2 aliphatic rings. The Labute approximate surface area is 201 Å². The minimum Gasteiger partial charge on any atom is -0.497 e. The molecule has 1 heterocycles. The van der Waals surface area contributed by atoms with E-state index in [1.807, 2.05) is 0 Å². The van der Waals surface area contributed by atoms with Crippen LogP contribution in [0.5, 0.6) is 5.75 Å². The van der Waals surface area contributed by atoms with Crippen molar-refractivity contribution < 1.29 is 33.4 Å². The number of carboxylic acids is 1. The van der Waals surface area contributed by atoms with E-state index in [0.29, 0.717) is 16.9 Å². The number of hydrogen-bond acceptors (Lipinski definition) is 5. The molecule has 3 amide bonds. The lowest BCUT2D eigenvalue weighted by molar-refractivity contribution is -0.143. The summed E-state index contributed by atoms with van der Waals surface area (Å²) >= 11 is 0. The van der Waals surface area contributed by atoms with Gasteiger partial charge in [-0.05, 0) is 48.7 Å². The van der Waals surface area contributed by atoms with E-state index in [9.17, 15) is 28.7 Å². The van der Waals surface area contributed by atoms with E-state index in [2.05, 4.69) is 5.32 Å². The molecule has 2 fully saturated rings. The fourth-order valence-corrected chi connectivity index (χ4v) is 4.21. The first kappa shape index (κ1) is 24.2. The Balaban J connectivity index is 1.62. The summed E-state index contributed by atoms with van der Waals surface area (Å²) in [5.74, 6) is -2.70. The molecular weight excluding hydrogens is 457 g/mol. The van der Waals surface area contributed by atoms with E-state index >= 15 is 0 Å². The van der Waals surface area contributed by atoms with Crippen LogP contribution in [0.15, 0.2) is 48.5 Å². The van der Waals surface area contributed by atoms with Gasteiger partial charge in [-0.15, -0.1) is 0 Å². The number of halogens is 1. The molecule has 10 heteroatoms. The molecule has 4 rings (SSSR count). The quantitative estimate of drug-likeness (QED) is 0.595. The minimum atomic E-state index is -1.24. The van der Waals surface area contributed by atoms with Crippen molar-refractivity contribution in [3.05, 3.63) is 65.5 Å². The molecular formula is C25H26FN3O6. The van der Waals surface area contributed by atoms with Crippen LogP contribution in [0.1, 0.15) is 41.2 Å². The van der Waals surface area contributed by atoms with Gasteiger partial charge in [-0.1, -0.05) is 18.2 Å². The van der Waals surface area contributed by atoms with E-state index in [-0.39, 0.29) is 24.9 Å². The predicted molar refractivity (Wildman–Crippen MR) is 122 cm³/mol. The molecule has 0 aromatic heterocycles. The maximum absolute atomic E-state index is 13.5. The largest absolute Gasteiger partial charge is 0.497 e. The van der Waals surface area contributed by atoms with Crippen molar-refractivity contribution >= 4 is 23.7 Å². The van der Waals surface area contributed by atoms with Crippen molar-refractivity contribution in [1.82, 2.24) is 15.1 Å². The van der Waals surface area contributed by atoms with E-state index in [1.54, 1.807) is 24.3 Å². The smallest absolute Gasteiger partial charge is 0.305 e. The Morgan fingerprint density at radius 1 is 1.09 bits per heavy atom. The maximum Gasteiger partial charge on any atom is 0.305 e. The summed E-state index contributed by atoms with van der Waals surface area (Å²) in [4.78, 5) is 54.0. The van der Waals surface area contributed by atoms with Crippen LogP contribution in [-0.2, 0) is 14.4 Å². The van der Waals surface area contributed by atoms with Gasteiger partial charge in [0.15, 0.2) is 6.17 Å². The molecule has 2 N–H and O–H groups in total. The Hall–Kier alpha value is -3.95. The van der Waals surface area contributed by atoms with Crippen LogP contribution < -0.4 is 10.1 Å². The van der Waals surface area contributed by atoms with Crippen molar-refractivity contribution in [2.24, 2.45) is 5.92 Å².